The summed E-state index contributed by atoms with van der Waals surface area (Å²) in [6.07, 6.45) is -1.81. The minimum absolute atomic E-state index is 0.153. The number of hydrogen-bond acceptors (Lipinski definition) is 7. The van der Waals surface area contributed by atoms with Crippen molar-refractivity contribution in [2.24, 2.45) is 0 Å². The summed E-state index contributed by atoms with van der Waals surface area (Å²) < 4.78 is 7.40. The number of fused-ring (bicyclic) bond motifs is 1. The molecule has 0 aromatic carbocycles. The Morgan fingerprint density at radius 1 is 1.47 bits per heavy atom. The Balaban J connectivity index is 2.14. The van der Waals surface area contributed by atoms with Crippen LogP contribution in [0.5, 0.6) is 0 Å². The SMILES string of the molecule is C[C@H]1O[C@@H](n2cnc3c(=S)[nH]c(N)nc32)C(O)C1O. The Kier molecular flexibility index (Phi) is 2.78. The highest BCUT2D eigenvalue weighted by molar-refractivity contribution is 7.71. The Morgan fingerprint density at radius 3 is 2.84 bits per heavy atom. The molecule has 0 aliphatic carbocycles. The lowest BCUT2D eigenvalue weighted by atomic mass is 10.1. The van der Waals surface area contributed by atoms with Gasteiger partial charge < -0.3 is 25.7 Å². The maximum Gasteiger partial charge on any atom is 0.200 e. The van der Waals surface area contributed by atoms with E-state index >= 15 is 0 Å². The summed E-state index contributed by atoms with van der Waals surface area (Å²) >= 11 is 5.10. The first kappa shape index (κ1) is 12.5. The topological polar surface area (TPSA) is 122 Å². The average Bonchev–Trinajstić information content (AvgIpc) is 2.86. The summed E-state index contributed by atoms with van der Waals surface area (Å²) in [6, 6.07) is 0. The van der Waals surface area contributed by atoms with Crippen LogP contribution in [0.15, 0.2) is 6.33 Å². The lowest BCUT2D eigenvalue weighted by molar-refractivity contribution is -0.0299. The molecule has 0 bridgehead atoms. The number of hydrogen-bond donors (Lipinski definition) is 4. The summed E-state index contributed by atoms with van der Waals surface area (Å²) in [5, 5.41) is 19.7. The lowest BCUT2D eigenvalue weighted by Gasteiger charge is -2.16. The molecular formula is C10H13N5O3S. The molecule has 2 aromatic heterocycles. The van der Waals surface area contributed by atoms with E-state index in [0.29, 0.717) is 15.8 Å². The van der Waals surface area contributed by atoms with E-state index in [9.17, 15) is 10.2 Å². The predicted molar refractivity (Wildman–Crippen MR) is 68.7 cm³/mol. The van der Waals surface area contributed by atoms with Crippen LogP contribution in [-0.4, -0.2) is 48.0 Å². The number of aromatic amines is 1. The van der Waals surface area contributed by atoms with Gasteiger partial charge in [-0.1, -0.05) is 12.2 Å². The van der Waals surface area contributed by atoms with E-state index < -0.39 is 24.5 Å². The summed E-state index contributed by atoms with van der Waals surface area (Å²) in [5.74, 6) is 0.153. The van der Waals surface area contributed by atoms with Crippen LogP contribution in [0.4, 0.5) is 5.95 Å². The van der Waals surface area contributed by atoms with Gasteiger partial charge in [-0.25, -0.2) is 4.98 Å². The largest absolute Gasteiger partial charge is 0.388 e. The number of imidazole rings is 1. The second kappa shape index (κ2) is 4.23. The third kappa shape index (κ3) is 1.82. The Morgan fingerprint density at radius 2 is 2.21 bits per heavy atom. The fourth-order valence-electron chi connectivity index (χ4n) is 2.19. The van der Waals surface area contributed by atoms with Crippen LogP contribution < -0.4 is 5.73 Å². The second-order valence-corrected chi connectivity index (χ2v) is 4.90. The highest BCUT2D eigenvalue weighted by Gasteiger charge is 2.41. The molecule has 102 valence electrons. The van der Waals surface area contributed by atoms with Gasteiger partial charge in [0.15, 0.2) is 11.9 Å². The van der Waals surface area contributed by atoms with E-state index in [2.05, 4.69) is 15.0 Å². The molecule has 8 nitrogen and oxygen atoms in total. The molecule has 2 aromatic rings. The van der Waals surface area contributed by atoms with E-state index in [1.54, 1.807) is 6.92 Å². The number of H-pyrrole nitrogens is 1. The van der Waals surface area contributed by atoms with Gasteiger partial charge in [-0.15, -0.1) is 0 Å². The van der Waals surface area contributed by atoms with Gasteiger partial charge in [0.05, 0.1) is 12.4 Å². The number of aromatic nitrogens is 4. The van der Waals surface area contributed by atoms with Crippen molar-refractivity contribution in [3.8, 4) is 0 Å². The maximum atomic E-state index is 9.98. The molecule has 0 amide bonds. The molecule has 0 radical (unpaired) electrons. The van der Waals surface area contributed by atoms with Crippen LogP contribution in [0.3, 0.4) is 0 Å². The fourth-order valence-corrected chi connectivity index (χ4v) is 2.44. The summed E-state index contributed by atoms with van der Waals surface area (Å²) in [6.45, 7) is 1.68. The van der Waals surface area contributed by atoms with Crippen molar-refractivity contribution in [1.82, 2.24) is 19.5 Å². The molecule has 3 heterocycles. The first-order valence-corrected chi connectivity index (χ1v) is 6.14. The zero-order valence-electron chi connectivity index (χ0n) is 10.0. The highest BCUT2D eigenvalue weighted by Crippen LogP contribution is 2.31. The average molecular weight is 283 g/mol. The van der Waals surface area contributed by atoms with Crippen molar-refractivity contribution in [3.63, 3.8) is 0 Å². The Bertz CT molecular complexity index is 683. The van der Waals surface area contributed by atoms with Crippen molar-refractivity contribution < 1.29 is 14.9 Å². The number of nitrogens with zero attached hydrogens (tertiary/aromatic N) is 3. The minimum Gasteiger partial charge on any atom is -0.388 e. The van der Waals surface area contributed by atoms with E-state index in [1.165, 1.54) is 10.9 Å². The van der Waals surface area contributed by atoms with Crippen molar-refractivity contribution in [2.75, 3.05) is 5.73 Å². The normalized spacial score (nSPS) is 31.1. The van der Waals surface area contributed by atoms with Crippen LogP contribution in [0.25, 0.3) is 11.2 Å². The zero-order chi connectivity index (χ0) is 13.7. The van der Waals surface area contributed by atoms with Gasteiger partial charge in [0.25, 0.3) is 0 Å². The third-order valence-electron chi connectivity index (χ3n) is 3.20. The summed E-state index contributed by atoms with van der Waals surface area (Å²) in [5.41, 5.74) is 6.49. The smallest absolute Gasteiger partial charge is 0.200 e. The summed E-state index contributed by atoms with van der Waals surface area (Å²) in [7, 11) is 0. The molecule has 2 unspecified atom stereocenters. The van der Waals surface area contributed by atoms with Gasteiger partial charge in [-0.2, -0.15) is 4.98 Å². The molecule has 3 rings (SSSR count). The molecule has 0 spiro atoms. The lowest BCUT2D eigenvalue weighted by Crippen LogP contribution is -2.30. The van der Waals surface area contributed by atoms with Gasteiger partial charge in [-0.05, 0) is 6.92 Å². The first-order valence-electron chi connectivity index (χ1n) is 5.73. The Hall–Kier alpha value is -1.55. The number of nitrogen functional groups attached to an aromatic ring is 1. The van der Waals surface area contributed by atoms with Crippen molar-refractivity contribution in [3.05, 3.63) is 11.0 Å². The molecule has 9 heteroatoms. The zero-order valence-corrected chi connectivity index (χ0v) is 10.8. The standard InChI is InChI=1S/C10H13N5O3S/c1-3-5(16)6(17)9(18-3)15-2-12-4-7(15)13-10(11)14-8(4)19/h2-3,5-6,9,16-17H,1H3,(H3,11,13,14,19)/t3-,5?,6?,9-/m1/s1. The second-order valence-electron chi connectivity index (χ2n) is 4.49. The molecular weight excluding hydrogens is 270 g/mol. The molecule has 1 aliphatic rings. The number of anilines is 1. The van der Waals surface area contributed by atoms with Gasteiger partial charge in [0.2, 0.25) is 5.95 Å². The molecule has 1 aliphatic heterocycles. The predicted octanol–water partition coefficient (Wildman–Crippen LogP) is -0.290. The highest BCUT2D eigenvalue weighted by atomic mass is 32.1. The van der Waals surface area contributed by atoms with Crippen molar-refractivity contribution >= 4 is 29.3 Å². The fraction of sp³-hybridized carbons (Fsp3) is 0.500. The molecule has 4 atom stereocenters. The van der Waals surface area contributed by atoms with E-state index in [-0.39, 0.29) is 5.95 Å². The number of ether oxygens (including phenoxy) is 1. The van der Waals surface area contributed by atoms with Crippen LogP contribution in [-0.2, 0) is 4.74 Å². The van der Waals surface area contributed by atoms with Crippen LogP contribution in [0.2, 0.25) is 0 Å². The van der Waals surface area contributed by atoms with Gasteiger partial charge in [0, 0.05) is 0 Å². The first-order chi connectivity index (χ1) is 8.99. The number of nitrogens with one attached hydrogen (secondary N) is 1. The quantitative estimate of drug-likeness (QED) is 0.530. The van der Waals surface area contributed by atoms with E-state index in [0.717, 1.165) is 0 Å². The number of aliphatic hydroxyl groups excluding tert-OH is 2. The third-order valence-corrected chi connectivity index (χ3v) is 3.50. The number of nitrogens with two attached hydrogens (primary N) is 1. The number of rotatable bonds is 1. The minimum atomic E-state index is -1.06. The van der Waals surface area contributed by atoms with Crippen LogP contribution >= 0.6 is 12.2 Å². The van der Waals surface area contributed by atoms with Crippen molar-refractivity contribution in [1.29, 1.82) is 0 Å². The van der Waals surface area contributed by atoms with Crippen LogP contribution in [0, 0.1) is 4.64 Å². The monoisotopic (exact) mass is 283 g/mol. The molecule has 0 saturated carbocycles. The summed E-state index contributed by atoms with van der Waals surface area (Å²) in [4.78, 5) is 10.9. The van der Waals surface area contributed by atoms with E-state index in [1.807, 2.05) is 0 Å². The molecule has 19 heavy (non-hydrogen) atoms. The maximum absolute atomic E-state index is 9.98. The van der Waals surface area contributed by atoms with Gasteiger partial charge in [0.1, 0.15) is 22.4 Å². The van der Waals surface area contributed by atoms with Gasteiger partial charge in [-0.3, -0.25) is 4.57 Å². The molecule has 1 saturated heterocycles. The van der Waals surface area contributed by atoms with Gasteiger partial charge >= 0.3 is 0 Å². The van der Waals surface area contributed by atoms with Crippen molar-refractivity contribution in [2.45, 2.75) is 31.5 Å². The molecule has 5 N–H and O–H groups in total. The molecule has 1 fully saturated rings. The van der Waals surface area contributed by atoms with E-state index in [4.69, 9.17) is 22.7 Å². The van der Waals surface area contributed by atoms with Crippen LogP contribution in [0.1, 0.15) is 13.2 Å². The number of aliphatic hydroxyl groups is 2. The Labute approximate surface area is 112 Å².